The Kier molecular flexibility index (Phi) is 4.28. The highest BCUT2D eigenvalue weighted by atomic mass is 35.5. The van der Waals surface area contributed by atoms with E-state index in [0.29, 0.717) is 22.5 Å². The minimum absolute atomic E-state index is 0.361. The smallest absolute Gasteiger partial charge is 0.125 e. The van der Waals surface area contributed by atoms with Crippen LogP contribution >= 0.6 is 34.5 Å². The summed E-state index contributed by atoms with van der Waals surface area (Å²) in [5.74, 6) is 0.361. The summed E-state index contributed by atoms with van der Waals surface area (Å²) < 4.78 is 0. The zero-order valence-electron chi connectivity index (χ0n) is 10.2. The van der Waals surface area contributed by atoms with Crippen LogP contribution in [-0.2, 0) is 6.54 Å². The van der Waals surface area contributed by atoms with E-state index in [2.05, 4.69) is 18.8 Å². The third-order valence-electron chi connectivity index (χ3n) is 2.62. The van der Waals surface area contributed by atoms with Crippen molar-refractivity contribution in [1.82, 2.24) is 4.98 Å². The first-order valence-corrected chi connectivity index (χ1v) is 7.25. The largest absolute Gasteiger partial charge is 0.326 e. The fourth-order valence-corrected chi connectivity index (χ4v) is 3.43. The van der Waals surface area contributed by atoms with Gasteiger partial charge in [-0.05, 0) is 24.1 Å². The Morgan fingerprint density at radius 3 is 2.56 bits per heavy atom. The van der Waals surface area contributed by atoms with Crippen LogP contribution in [0.15, 0.2) is 18.2 Å². The zero-order valence-corrected chi connectivity index (χ0v) is 12.5. The molecule has 96 valence electrons. The van der Waals surface area contributed by atoms with Crippen LogP contribution in [0, 0.1) is 0 Å². The van der Waals surface area contributed by atoms with E-state index in [-0.39, 0.29) is 0 Å². The van der Waals surface area contributed by atoms with Crippen LogP contribution < -0.4 is 5.73 Å². The molecule has 0 radical (unpaired) electrons. The number of nitrogens with zero attached hydrogens (tertiary/aromatic N) is 1. The van der Waals surface area contributed by atoms with Crippen molar-refractivity contribution in [2.24, 2.45) is 5.73 Å². The Morgan fingerprint density at radius 2 is 2.06 bits per heavy atom. The molecule has 0 aliphatic rings. The number of halogens is 2. The van der Waals surface area contributed by atoms with Gasteiger partial charge in [0.05, 0.1) is 10.7 Å². The van der Waals surface area contributed by atoms with Gasteiger partial charge in [-0.1, -0.05) is 37.0 Å². The molecule has 0 spiro atoms. The lowest BCUT2D eigenvalue weighted by molar-refractivity contribution is 0.814. The highest BCUT2D eigenvalue weighted by Gasteiger charge is 2.15. The second-order valence-corrected chi connectivity index (χ2v) is 6.24. The molecule has 0 aliphatic heterocycles. The topological polar surface area (TPSA) is 38.9 Å². The Hall–Kier alpha value is -0.610. The third-order valence-corrected chi connectivity index (χ3v) is 4.30. The second-order valence-electron chi connectivity index (χ2n) is 4.31. The Morgan fingerprint density at radius 1 is 1.33 bits per heavy atom. The van der Waals surface area contributed by atoms with Crippen molar-refractivity contribution in [3.8, 4) is 10.6 Å². The molecular weight excluding hydrogens is 287 g/mol. The average Bonchev–Trinajstić information content (AvgIpc) is 2.73. The van der Waals surface area contributed by atoms with Gasteiger partial charge < -0.3 is 5.73 Å². The molecule has 0 amide bonds. The van der Waals surface area contributed by atoms with Crippen molar-refractivity contribution in [3.63, 3.8) is 0 Å². The number of aromatic nitrogens is 1. The van der Waals surface area contributed by atoms with Crippen LogP contribution in [0.5, 0.6) is 0 Å². The quantitative estimate of drug-likeness (QED) is 0.892. The standard InChI is InChI=1S/C13H14Cl2N2S/c1-7(2)12-11(6-16)18-13(17-12)9-4-3-8(14)5-10(9)15/h3-5,7H,6,16H2,1-2H3. The highest BCUT2D eigenvalue weighted by molar-refractivity contribution is 7.15. The van der Waals surface area contributed by atoms with Crippen LogP contribution in [0.3, 0.4) is 0 Å². The molecule has 2 N–H and O–H groups in total. The van der Waals surface area contributed by atoms with Gasteiger partial charge in [-0.2, -0.15) is 0 Å². The van der Waals surface area contributed by atoms with Crippen molar-refractivity contribution in [1.29, 1.82) is 0 Å². The molecule has 1 heterocycles. The molecular formula is C13H14Cl2N2S. The van der Waals surface area contributed by atoms with Gasteiger partial charge in [0.2, 0.25) is 0 Å². The molecule has 0 fully saturated rings. The van der Waals surface area contributed by atoms with Gasteiger partial charge in [-0.3, -0.25) is 0 Å². The molecule has 0 atom stereocenters. The van der Waals surface area contributed by atoms with E-state index < -0.39 is 0 Å². The van der Waals surface area contributed by atoms with Crippen molar-refractivity contribution in [3.05, 3.63) is 38.8 Å². The molecule has 0 aliphatic carbocycles. The normalized spacial score (nSPS) is 11.2. The number of rotatable bonds is 3. The van der Waals surface area contributed by atoms with Crippen molar-refractivity contribution in [2.45, 2.75) is 26.3 Å². The van der Waals surface area contributed by atoms with Crippen LogP contribution in [-0.4, -0.2) is 4.98 Å². The van der Waals surface area contributed by atoms with Gasteiger partial charge in [-0.15, -0.1) is 11.3 Å². The molecule has 0 saturated carbocycles. The van der Waals surface area contributed by atoms with E-state index in [1.165, 1.54) is 0 Å². The van der Waals surface area contributed by atoms with Crippen LogP contribution in [0.4, 0.5) is 0 Å². The summed E-state index contributed by atoms with van der Waals surface area (Å²) in [7, 11) is 0. The van der Waals surface area contributed by atoms with Gasteiger partial charge in [0.1, 0.15) is 5.01 Å². The minimum atomic E-state index is 0.361. The zero-order chi connectivity index (χ0) is 13.3. The molecule has 1 aromatic carbocycles. The fraction of sp³-hybridized carbons (Fsp3) is 0.308. The lowest BCUT2D eigenvalue weighted by Crippen LogP contribution is -1.99. The van der Waals surface area contributed by atoms with Crippen molar-refractivity contribution < 1.29 is 0 Å². The van der Waals surface area contributed by atoms with Gasteiger partial charge in [0.25, 0.3) is 0 Å². The van der Waals surface area contributed by atoms with Gasteiger partial charge in [-0.25, -0.2) is 4.98 Å². The highest BCUT2D eigenvalue weighted by Crippen LogP contribution is 2.36. The van der Waals surface area contributed by atoms with Gasteiger partial charge >= 0.3 is 0 Å². The molecule has 2 rings (SSSR count). The SMILES string of the molecule is CC(C)c1nc(-c2ccc(Cl)cc2Cl)sc1CN. The number of hydrogen-bond donors (Lipinski definition) is 1. The molecule has 2 nitrogen and oxygen atoms in total. The van der Waals surface area contributed by atoms with Crippen molar-refractivity contribution in [2.75, 3.05) is 0 Å². The lowest BCUT2D eigenvalue weighted by Gasteiger charge is -2.02. The molecule has 0 saturated heterocycles. The third kappa shape index (κ3) is 2.69. The van der Waals surface area contributed by atoms with E-state index >= 15 is 0 Å². The molecule has 18 heavy (non-hydrogen) atoms. The first-order valence-electron chi connectivity index (χ1n) is 5.68. The molecule has 0 unspecified atom stereocenters. The van der Waals surface area contributed by atoms with E-state index in [4.69, 9.17) is 28.9 Å². The van der Waals surface area contributed by atoms with E-state index in [1.54, 1.807) is 17.4 Å². The van der Waals surface area contributed by atoms with E-state index in [0.717, 1.165) is 21.1 Å². The molecule has 0 bridgehead atoms. The summed E-state index contributed by atoms with van der Waals surface area (Å²) in [4.78, 5) is 5.77. The van der Waals surface area contributed by atoms with E-state index in [9.17, 15) is 0 Å². The van der Waals surface area contributed by atoms with Crippen LogP contribution in [0.1, 0.15) is 30.3 Å². The summed E-state index contributed by atoms with van der Waals surface area (Å²) in [5, 5.41) is 2.15. The summed E-state index contributed by atoms with van der Waals surface area (Å²) in [5.41, 5.74) is 7.73. The summed E-state index contributed by atoms with van der Waals surface area (Å²) in [6, 6.07) is 5.45. The molecule has 5 heteroatoms. The summed E-state index contributed by atoms with van der Waals surface area (Å²) >= 11 is 13.7. The fourth-order valence-electron chi connectivity index (χ4n) is 1.74. The number of benzene rings is 1. The monoisotopic (exact) mass is 300 g/mol. The summed E-state index contributed by atoms with van der Waals surface area (Å²) in [6.45, 7) is 4.74. The van der Waals surface area contributed by atoms with E-state index in [1.807, 2.05) is 12.1 Å². The number of thiazole rings is 1. The molecule has 2 aromatic rings. The van der Waals surface area contributed by atoms with Crippen LogP contribution in [0.25, 0.3) is 10.6 Å². The first-order chi connectivity index (χ1) is 8.52. The summed E-state index contributed by atoms with van der Waals surface area (Å²) in [6.07, 6.45) is 0. The Bertz CT molecular complexity index is 564. The Balaban J connectivity index is 2.51. The average molecular weight is 301 g/mol. The van der Waals surface area contributed by atoms with Gasteiger partial charge in [0.15, 0.2) is 0 Å². The van der Waals surface area contributed by atoms with Crippen LogP contribution in [0.2, 0.25) is 10.0 Å². The van der Waals surface area contributed by atoms with Crippen molar-refractivity contribution >= 4 is 34.5 Å². The predicted octanol–water partition coefficient (Wildman–Crippen LogP) is 4.70. The number of nitrogens with two attached hydrogens (primary N) is 1. The first kappa shape index (κ1) is 13.8. The maximum atomic E-state index is 6.20. The predicted molar refractivity (Wildman–Crippen MR) is 79.6 cm³/mol. The maximum absolute atomic E-state index is 6.20. The lowest BCUT2D eigenvalue weighted by atomic mass is 10.1. The van der Waals surface area contributed by atoms with Gasteiger partial charge in [0, 0.05) is 22.0 Å². The number of hydrogen-bond acceptors (Lipinski definition) is 3. The minimum Gasteiger partial charge on any atom is -0.326 e. The maximum Gasteiger partial charge on any atom is 0.125 e. The molecule has 1 aromatic heterocycles. The Labute approximate surface area is 121 Å². The second kappa shape index (κ2) is 5.57.